The van der Waals surface area contributed by atoms with E-state index >= 15 is 0 Å². The Kier molecular flexibility index (Phi) is 5.89. The maximum Gasteiger partial charge on any atom is 0.220 e. The predicted molar refractivity (Wildman–Crippen MR) is 88.1 cm³/mol. The average Bonchev–Trinajstić information content (AvgIpc) is 2.52. The van der Waals surface area contributed by atoms with E-state index in [-0.39, 0.29) is 0 Å². The van der Waals surface area contributed by atoms with Crippen molar-refractivity contribution in [2.45, 2.75) is 12.4 Å². The van der Waals surface area contributed by atoms with Crippen LogP contribution in [0.1, 0.15) is 11.1 Å². The first kappa shape index (κ1) is 14.9. The maximum atomic E-state index is 5.59. The zero-order valence-corrected chi connectivity index (χ0v) is 12.9. The van der Waals surface area contributed by atoms with Gasteiger partial charge in [-0.05, 0) is 35.5 Å². The van der Waals surface area contributed by atoms with E-state index in [4.69, 9.17) is 21.7 Å². The second-order valence-corrected chi connectivity index (χ2v) is 5.74. The van der Waals surface area contributed by atoms with Crippen molar-refractivity contribution in [2.75, 3.05) is 7.11 Å². The van der Waals surface area contributed by atoms with Crippen molar-refractivity contribution in [2.24, 2.45) is 0 Å². The molecule has 0 saturated carbocycles. The molecule has 0 radical (unpaired) electrons. The quantitative estimate of drug-likeness (QED) is 0.760. The van der Waals surface area contributed by atoms with Crippen molar-refractivity contribution < 1.29 is 9.47 Å². The predicted octanol–water partition coefficient (Wildman–Crippen LogP) is 4.43. The molecule has 4 heteroatoms. The topological polar surface area (TPSA) is 18.5 Å². The van der Waals surface area contributed by atoms with Crippen LogP contribution < -0.4 is 4.74 Å². The van der Waals surface area contributed by atoms with Crippen LogP contribution >= 0.6 is 24.0 Å². The molecular formula is C16H16O2S2. The minimum Gasteiger partial charge on any atom is -0.497 e. The van der Waals surface area contributed by atoms with Crippen molar-refractivity contribution in [1.29, 1.82) is 0 Å². The van der Waals surface area contributed by atoms with Crippen molar-refractivity contribution in [1.82, 2.24) is 0 Å². The van der Waals surface area contributed by atoms with Gasteiger partial charge in [-0.3, -0.25) is 0 Å². The van der Waals surface area contributed by atoms with Gasteiger partial charge < -0.3 is 9.47 Å². The molecule has 2 aromatic carbocycles. The molecule has 0 heterocycles. The van der Waals surface area contributed by atoms with E-state index in [9.17, 15) is 0 Å². The first-order valence-electron chi connectivity index (χ1n) is 6.24. The van der Waals surface area contributed by atoms with Crippen molar-refractivity contribution >= 4 is 28.4 Å². The highest BCUT2D eigenvalue weighted by atomic mass is 32.2. The van der Waals surface area contributed by atoms with Gasteiger partial charge in [-0.2, -0.15) is 0 Å². The van der Waals surface area contributed by atoms with E-state index in [0.29, 0.717) is 11.0 Å². The van der Waals surface area contributed by atoms with Crippen LogP contribution in [-0.4, -0.2) is 11.5 Å². The number of rotatable bonds is 5. The Hall–Kier alpha value is -1.52. The summed E-state index contributed by atoms with van der Waals surface area (Å²) >= 11 is 6.76. The molecule has 0 aromatic heterocycles. The zero-order valence-electron chi connectivity index (χ0n) is 11.2. The molecule has 0 unspecified atom stereocenters. The summed E-state index contributed by atoms with van der Waals surface area (Å²) in [5.41, 5.74) is 2.29. The second-order valence-electron chi connectivity index (χ2n) is 4.16. The van der Waals surface area contributed by atoms with Crippen LogP contribution in [0.3, 0.4) is 0 Å². The van der Waals surface area contributed by atoms with Gasteiger partial charge >= 0.3 is 0 Å². The monoisotopic (exact) mass is 304 g/mol. The molecule has 0 aliphatic heterocycles. The number of hydrogen-bond acceptors (Lipinski definition) is 4. The van der Waals surface area contributed by atoms with Gasteiger partial charge in [-0.1, -0.05) is 54.2 Å². The standard InChI is InChI=1S/C16H16O2S2/c1-17-15-9-5-8-14(10-15)11-18-16(19)20-12-13-6-3-2-4-7-13/h2-10H,11-12H2,1H3. The maximum absolute atomic E-state index is 5.59. The lowest BCUT2D eigenvalue weighted by Gasteiger charge is -2.08. The Morgan fingerprint density at radius 1 is 1.05 bits per heavy atom. The van der Waals surface area contributed by atoms with E-state index < -0.39 is 0 Å². The van der Waals surface area contributed by atoms with Gasteiger partial charge in [0.25, 0.3) is 0 Å². The number of hydrogen-bond donors (Lipinski definition) is 0. The first-order valence-corrected chi connectivity index (χ1v) is 7.64. The number of benzene rings is 2. The van der Waals surface area contributed by atoms with Crippen molar-refractivity contribution in [3.05, 3.63) is 65.7 Å². The fraction of sp³-hybridized carbons (Fsp3) is 0.188. The smallest absolute Gasteiger partial charge is 0.220 e. The second kappa shape index (κ2) is 7.92. The van der Waals surface area contributed by atoms with Gasteiger partial charge in [0.05, 0.1) is 7.11 Å². The summed E-state index contributed by atoms with van der Waals surface area (Å²) in [5, 5.41) is 0. The molecule has 0 spiro atoms. The summed E-state index contributed by atoms with van der Waals surface area (Å²) < 4.78 is 11.3. The highest BCUT2D eigenvalue weighted by molar-refractivity contribution is 8.22. The van der Waals surface area contributed by atoms with Crippen molar-refractivity contribution in [3.8, 4) is 5.75 Å². The average molecular weight is 304 g/mol. The Morgan fingerprint density at radius 3 is 2.55 bits per heavy atom. The van der Waals surface area contributed by atoms with Gasteiger partial charge in [-0.15, -0.1) is 0 Å². The van der Waals surface area contributed by atoms with Crippen LogP contribution in [-0.2, 0) is 17.1 Å². The Balaban J connectivity index is 1.77. The summed E-state index contributed by atoms with van der Waals surface area (Å²) in [6.45, 7) is 0.470. The van der Waals surface area contributed by atoms with Crippen LogP contribution in [0.4, 0.5) is 0 Å². The molecule has 2 rings (SSSR count). The lowest BCUT2D eigenvalue weighted by Crippen LogP contribution is -1.98. The van der Waals surface area contributed by atoms with Crippen LogP contribution in [0.25, 0.3) is 0 Å². The Morgan fingerprint density at radius 2 is 1.80 bits per heavy atom. The van der Waals surface area contributed by atoms with Crippen molar-refractivity contribution in [3.63, 3.8) is 0 Å². The van der Waals surface area contributed by atoms with Crippen LogP contribution in [0, 0.1) is 0 Å². The summed E-state index contributed by atoms with van der Waals surface area (Å²) in [5.74, 6) is 1.66. The molecule has 0 amide bonds. The van der Waals surface area contributed by atoms with E-state index in [1.165, 1.54) is 17.3 Å². The number of methoxy groups -OCH3 is 1. The third-order valence-electron chi connectivity index (χ3n) is 2.69. The van der Waals surface area contributed by atoms with E-state index in [1.54, 1.807) is 7.11 Å². The summed E-state index contributed by atoms with van der Waals surface area (Å²) in [4.78, 5) is 0. The van der Waals surface area contributed by atoms with Gasteiger partial charge in [0.15, 0.2) is 0 Å². The van der Waals surface area contributed by atoms with E-state index in [2.05, 4.69) is 12.1 Å². The molecule has 20 heavy (non-hydrogen) atoms. The molecule has 2 aromatic rings. The molecule has 0 N–H and O–H groups in total. The van der Waals surface area contributed by atoms with Gasteiger partial charge in [0.1, 0.15) is 12.4 Å². The fourth-order valence-corrected chi connectivity index (χ4v) is 2.52. The third-order valence-corrected chi connectivity index (χ3v) is 3.99. The molecule has 0 fully saturated rings. The van der Waals surface area contributed by atoms with Gasteiger partial charge in [-0.25, -0.2) is 0 Å². The first-order chi connectivity index (χ1) is 9.78. The SMILES string of the molecule is COc1cccc(COC(=S)SCc2ccccc2)c1. The molecule has 0 saturated heterocycles. The number of thioether (sulfide) groups is 1. The van der Waals surface area contributed by atoms with Crippen LogP contribution in [0.15, 0.2) is 54.6 Å². The van der Waals surface area contributed by atoms with E-state index in [1.807, 2.05) is 42.5 Å². The minimum atomic E-state index is 0.470. The number of ether oxygens (including phenoxy) is 2. The minimum absolute atomic E-state index is 0.470. The molecule has 0 aliphatic carbocycles. The van der Waals surface area contributed by atoms with Crippen LogP contribution in [0.2, 0.25) is 0 Å². The highest BCUT2D eigenvalue weighted by Crippen LogP contribution is 2.17. The third kappa shape index (κ3) is 4.87. The van der Waals surface area contributed by atoms with Crippen LogP contribution in [0.5, 0.6) is 5.75 Å². The molecule has 0 atom stereocenters. The Labute approximate surface area is 129 Å². The highest BCUT2D eigenvalue weighted by Gasteiger charge is 2.02. The van der Waals surface area contributed by atoms with Gasteiger partial charge in [0.2, 0.25) is 4.38 Å². The lowest BCUT2D eigenvalue weighted by molar-refractivity contribution is 0.309. The lowest BCUT2D eigenvalue weighted by atomic mass is 10.2. The van der Waals surface area contributed by atoms with Gasteiger partial charge in [0, 0.05) is 5.75 Å². The zero-order chi connectivity index (χ0) is 14.2. The summed E-state index contributed by atoms with van der Waals surface area (Å²) in [7, 11) is 1.65. The summed E-state index contributed by atoms with van der Waals surface area (Å²) in [6.07, 6.45) is 0. The largest absolute Gasteiger partial charge is 0.497 e. The fourth-order valence-electron chi connectivity index (χ4n) is 1.66. The number of thiocarbonyl (C=S) groups is 1. The summed E-state index contributed by atoms with van der Waals surface area (Å²) in [6, 6.07) is 18.0. The Bertz CT molecular complexity index is 555. The molecule has 0 bridgehead atoms. The normalized spacial score (nSPS) is 10.1. The molecule has 104 valence electrons. The van der Waals surface area contributed by atoms with E-state index in [0.717, 1.165) is 17.1 Å². The molecule has 2 nitrogen and oxygen atoms in total. The molecular weight excluding hydrogens is 288 g/mol. The molecule has 0 aliphatic rings.